The highest BCUT2D eigenvalue weighted by Crippen LogP contribution is 2.33. The van der Waals surface area contributed by atoms with Gasteiger partial charge in [0.1, 0.15) is 5.52 Å². The summed E-state index contributed by atoms with van der Waals surface area (Å²) < 4.78 is 6.29. The van der Waals surface area contributed by atoms with Crippen molar-refractivity contribution in [1.29, 1.82) is 0 Å². The molecule has 4 aromatic rings. The molecule has 7 nitrogen and oxygen atoms in total. The van der Waals surface area contributed by atoms with Crippen molar-refractivity contribution in [3.63, 3.8) is 0 Å². The Kier molecular flexibility index (Phi) is 4.85. The first-order chi connectivity index (χ1) is 13.9. The van der Waals surface area contributed by atoms with Crippen molar-refractivity contribution in [2.75, 3.05) is 0 Å². The number of hydrogen-bond acceptors (Lipinski definition) is 6. The number of para-hydroxylation sites is 1. The summed E-state index contributed by atoms with van der Waals surface area (Å²) in [6.07, 6.45) is 1.38. The lowest BCUT2D eigenvalue weighted by molar-refractivity contribution is -0.385. The zero-order valence-corrected chi connectivity index (χ0v) is 16.8. The van der Waals surface area contributed by atoms with E-state index in [1.165, 1.54) is 12.3 Å². The number of aromatic nitrogens is 1. The number of aryl methyl sites for hydroxylation is 1. The summed E-state index contributed by atoms with van der Waals surface area (Å²) in [4.78, 5) is 19.2. The largest absolute Gasteiger partial charge is 0.502 e. The second-order valence-corrected chi connectivity index (χ2v) is 7.28. The van der Waals surface area contributed by atoms with Crippen LogP contribution in [0.25, 0.3) is 22.6 Å². The van der Waals surface area contributed by atoms with Gasteiger partial charge in [-0.05, 0) is 48.9 Å². The number of aliphatic imine (C=N–C) groups is 1. The lowest BCUT2D eigenvalue weighted by Crippen LogP contribution is -1.92. The predicted octanol–water partition coefficient (Wildman–Crippen LogP) is 5.93. The maximum Gasteiger partial charge on any atom is 0.312 e. The van der Waals surface area contributed by atoms with Gasteiger partial charge in [-0.1, -0.05) is 28.1 Å². The molecular formula is C21H14BrN3O4. The van der Waals surface area contributed by atoms with E-state index in [4.69, 9.17) is 4.42 Å². The van der Waals surface area contributed by atoms with Crippen molar-refractivity contribution in [1.82, 2.24) is 4.98 Å². The summed E-state index contributed by atoms with van der Waals surface area (Å²) in [5.74, 6) is 0.0884. The lowest BCUT2D eigenvalue weighted by atomic mass is 10.2. The number of oxazole rings is 1. The van der Waals surface area contributed by atoms with E-state index in [9.17, 15) is 15.2 Å². The molecule has 1 N–H and O–H groups in total. The van der Waals surface area contributed by atoms with Crippen LogP contribution in [0.3, 0.4) is 0 Å². The van der Waals surface area contributed by atoms with Crippen molar-refractivity contribution >= 4 is 44.6 Å². The highest BCUT2D eigenvalue weighted by atomic mass is 79.9. The van der Waals surface area contributed by atoms with Gasteiger partial charge in [0, 0.05) is 27.9 Å². The molecule has 1 aromatic heterocycles. The number of benzene rings is 3. The van der Waals surface area contributed by atoms with Crippen molar-refractivity contribution in [2.24, 2.45) is 4.99 Å². The molecular weight excluding hydrogens is 438 g/mol. The molecule has 0 aliphatic rings. The molecule has 0 aliphatic heterocycles. The minimum absolute atomic E-state index is 0.240. The van der Waals surface area contributed by atoms with Crippen LogP contribution in [0.2, 0.25) is 0 Å². The highest BCUT2D eigenvalue weighted by Gasteiger charge is 2.17. The number of rotatable bonds is 4. The maximum absolute atomic E-state index is 11.0. The number of nitro benzene ring substituents is 1. The van der Waals surface area contributed by atoms with Gasteiger partial charge in [0.05, 0.1) is 10.6 Å². The van der Waals surface area contributed by atoms with Crippen molar-refractivity contribution in [3.05, 3.63) is 80.3 Å². The second kappa shape index (κ2) is 7.48. The second-order valence-electron chi connectivity index (χ2n) is 6.37. The van der Waals surface area contributed by atoms with Crippen LogP contribution in [0, 0.1) is 17.0 Å². The molecule has 4 rings (SSSR count). The fourth-order valence-corrected chi connectivity index (χ4v) is 3.35. The van der Waals surface area contributed by atoms with Crippen molar-refractivity contribution < 1.29 is 14.4 Å². The van der Waals surface area contributed by atoms with Crippen LogP contribution in [0.1, 0.15) is 11.1 Å². The van der Waals surface area contributed by atoms with Crippen LogP contribution in [-0.4, -0.2) is 21.2 Å². The van der Waals surface area contributed by atoms with E-state index in [0.717, 1.165) is 22.2 Å². The van der Waals surface area contributed by atoms with E-state index < -0.39 is 10.7 Å². The summed E-state index contributed by atoms with van der Waals surface area (Å²) in [5.41, 5.74) is 3.88. The predicted molar refractivity (Wildman–Crippen MR) is 114 cm³/mol. The normalized spacial score (nSPS) is 11.4. The standard InChI is InChI=1S/C21H14BrN3O4/c1-12-3-2-4-18-19(12)24-21(29-18)13-5-7-16(8-6-13)23-11-14-9-15(22)10-17(20(14)26)25(27)28/h2-11,26H,1H3. The molecule has 8 heteroatoms. The number of phenolic OH excluding ortho intramolecular Hbond substituents is 1. The summed E-state index contributed by atoms with van der Waals surface area (Å²) >= 11 is 3.20. The monoisotopic (exact) mass is 451 g/mol. The number of nitrogens with zero attached hydrogens (tertiary/aromatic N) is 3. The molecule has 0 atom stereocenters. The summed E-state index contributed by atoms with van der Waals surface area (Å²) in [7, 11) is 0. The Bertz CT molecular complexity index is 1260. The van der Waals surface area contributed by atoms with Crippen LogP contribution in [0.5, 0.6) is 5.75 Å². The summed E-state index contributed by atoms with van der Waals surface area (Å²) in [6, 6.07) is 15.8. The Balaban J connectivity index is 1.61. The molecule has 0 unspecified atom stereocenters. The van der Waals surface area contributed by atoms with Crippen molar-refractivity contribution in [2.45, 2.75) is 6.92 Å². The Morgan fingerprint density at radius 2 is 1.97 bits per heavy atom. The zero-order valence-electron chi connectivity index (χ0n) is 15.2. The van der Waals surface area contributed by atoms with E-state index in [0.29, 0.717) is 16.1 Å². The quantitative estimate of drug-likeness (QED) is 0.235. The van der Waals surface area contributed by atoms with Crippen LogP contribution in [0.15, 0.2) is 68.5 Å². The number of aromatic hydroxyl groups is 1. The maximum atomic E-state index is 11.0. The van der Waals surface area contributed by atoms with Gasteiger partial charge in [0.15, 0.2) is 5.58 Å². The first-order valence-corrected chi connectivity index (χ1v) is 9.39. The van der Waals surface area contributed by atoms with Crippen molar-refractivity contribution in [3.8, 4) is 17.2 Å². The molecule has 0 saturated carbocycles. The molecule has 3 aromatic carbocycles. The summed E-state index contributed by atoms with van der Waals surface area (Å²) in [5, 5.41) is 21.1. The number of halogens is 1. The van der Waals surface area contributed by atoms with Gasteiger partial charge in [-0.25, -0.2) is 4.98 Å². The fourth-order valence-electron chi connectivity index (χ4n) is 2.89. The number of phenols is 1. The van der Waals surface area contributed by atoms with Crippen LogP contribution in [-0.2, 0) is 0 Å². The smallest absolute Gasteiger partial charge is 0.312 e. The van der Waals surface area contributed by atoms with Crippen LogP contribution in [0.4, 0.5) is 11.4 Å². The minimum Gasteiger partial charge on any atom is -0.502 e. The Labute approximate surface area is 173 Å². The van der Waals surface area contributed by atoms with Gasteiger partial charge >= 0.3 is 5.69 Å². The Hall–Kier alpha value is -3.52. The molecule has 0 saturated heterocycles. The van der Waals surface area contributed by atoms with Crippen LogP contribution < -0.4 is 0 Å². The topological polar surface area (TPSA) is 102 Å². The minimum atomic E-state index is -0.645. The van der Waals surface area contributed by atoms with E-state index in [1.54, 1.807) is 18.2 Å². The third-order valence-electron chi connectivity index (χ3n) is 4.37. The van der Waals surface area contributed by atoms with Gasteiger partial charge in [-0.3, -0.25) is 15.1 Å². The molecule has 0 radical (unpaired) electrons. The van der Waals surface area contributed by atoms with Gasteiger partial charge in [-0.2, -0.15) is 0 Å². The molecule has 0 fully saturated rings. The molecule has 0 spiro atoms. The highest BCUT2D eigenvalue weighted by molar-refractivity contribution is 9.10. The molecule has 1 heterocycles. The van der Waals surface area contributed by atoms with E-state index in [1.807, 2.05) is 37.3 Å². The van der Waals surface area contributed by atoms with E-state index in [2.05, 4.69) is 25.9 Å². The Morgan fingerprint density at radius 1 is 1.21 bits per heavy atom. The van der Waals surface area contributed by atoms with Gasteiger partial charge < -0.3 is 9.52 Å². The molecule has 29 heavy (non-hydrogen) atoms. The number of nitro groups is 1. The third-order valence-corrected chi connectivity index (χ3v) is 4.83. The van der Waals surface area contributed by atoms with Gasteiger partial charge in [0.2, 0.25) is 11.6 Å². The first kappa shape index (κ1) is 18.8. The van der Waals surface area contributed by atoms with Crippen LogP contribution >= 0.6 is 15.9 Å². The number of hydrogen-bond donors (Lipinski definition) is 1. The average Bonchev–Trinajstić information content (AvgIpc) is 3.14. The zero-order chi connectivity index (χ0) is 20.5. The first-order valence-electron chi connectivity index (χ1n) is 8.60. The number of fused-ring (bicyclic) bond motifs is 1. The SMILES string of the molecule is Cc1cccc2oc(-c3ccc(N=Cc4cc(Br)cc([N+](=O)[O-])c4O)cc3)nc12. The van der Waals surface area contributed by atoms with Gasteiger partial charge in [0.25, 0.3) is 0 Å². The molecule has 0 aliphatic carbocycles. The lowest BCUT2D eigenvalue weighted by Gasteiger charge is -2.02. The average molecular weight is 452 g/mol. The molecule has 0 bridgehead atoms. The molecule has 0 amide bonds. The fraction of sp³-hybridized carbons (Fsp3) is 0.0476. The van der Waals surface area contributed by atoms with E-state index >= 15 is 0 Å². The molecule has 144 valence electrons. The van der Waals surface area contributed by atoms with Gasteiger partial charge in [-0.15, -0.1) is 0 Å². The Morgan fingerprint density at radius 3 is 2.66 bits per heavy atom. The summed E-state index contributed by atoms with van der Waals surface area (Å²) in [6.45, 7) is 1.98. The van der Waals surface area contributed by atoms with E-state index in [-0.39, 0.29) is 11.3 Å². The third kappa shape index (κ3) is 3.74.